The average molecular weight is 480 g/mol. The molecular weight excluding hydrogens is 453 g/mol. The quantitative estimate of drug-likeness (QED) is 0.493. The Labute approximate surface area is 190 Å². The van der Waals surface area contributed by atoms with E-state index in [9.17, 15) is 17.6 Å². The normalized spacial score (nSPS) is 12.1. The Kier molecular flexibility index (Phi) is 6.70. The number of amides is 2. The van der Waals surface area contributed by atoms with Gasteiger partial charge in [0.2, 0.25) is 0 Å². The number of nitrogens with one attached hydrogen (secondary N) is 3. The summed E-state index contributed by atoms with van der Waals surface area (Å²) >= 11 is 1.18. The number of halogens is 1. The predicted molar refractivity (Wildman–Crippen MR) is 123 cm³/mol. The number of anilines is 1. The molecule has 8 nitrogen and oxygen atoms in total. The molecule has 11 heteroatoms. The van der Waals surface area contributed by atoms with Gasteiger partial charge in [0.1, 0.15) is 16.5 Å². The summed E-state index contributed by atoms with van der Waals surface area (Å²) in [7, 11) is -3.65. The van der Waals surface area contributed by atoms with Crippen LogP contribution in [0.2, 0.25) is 0 Å². The summed E-state index contributed by atoms with van der Waals surface area (Å²) in [5, 5.41) is 5.81. The smallest absolute Gasteiger partial charge is 0.321 e. The van der Waals surface area contributed by atoms with Gasteiger partial charge in [-0.05, 0) is 24.6 Å². The minimum Gasteiger partial charge on any atom is -0.345 e. The fourth-order valence-electron chi connectivity index (χ4n) is 2.98. The van der Waals surface area contributed by atoms with Crippen molar-refractivity contribution >= 4 is 32.3 Å². The Bertz CT molecular complexity index is 1240. The number of aromatic nitrogens is 3. The van der Waals surface area contributed by atoms with E-state index in [4.69, 9.17) is 0 Å². The fourth-order valence-corrected chi connectivity index (χ4v) is 4.67. The first-order valence-corrected chi connectivity index (χ1v) is 12.6. The van der Waals surface area contributed by atoms with Gasteiger partial charge in [0.15, 0.2) is 15.0 Å². The molecule has 0 aliphatic carbocycles. The van der Waals surface area contributed by atoms with Crippen molar-refractivity contribution in [1.82, 2.24) is 20.3 Å². The van der Waals surface area contributed by atoms with Gasteiger partial charge in [0.05, 0.1) is 10.6 Å². The molecule has 0 saturated heterocycles. The minimum absolute atomic E-state index is 0.0719. The molecule has 2 heterocycles. The number of nitrogens with zero attached hydrogens (tertiary/aromatic N) is 2. The van der Waals surface area contributed by atoms with E-state index < -0.39 is 21.7 Å². The van der Waals surface area contributed by atoms with Gasteiger partial charge in [-0.25, -0.2) is 27.6 Å². The second-order valence-electron chi connectivity index (χ2n) is 8.49. The molecule has 2 amide bonds. The van der Waals surface area contributed by atoms with Crippen molar-refractivity contribution in [3.05, 3.63) is 47.4 Å². The maximum atomic E-state index is 14.2. The van der Waals surface area contributed by atoms with Gasteiger partial charge in [-0.15, -0.1) is 0 Å². The minimum atomic E-state index is -3.65. The highest BCUT2D eigenvalue weighted by Crippen LogP contribution is 2.34. The van der Waals surface area contributed by atoms with Crippen LogP contribution in [0.3, 0.4) is 0 Å². The molecule has 3 N–H and O–H groups in total. The van der Waals surface area contributed by atoms with Crippen LogP contribution in [0, 0.1) is 12.7 Å². The lowest BCUT2D eigenvalue weighted by molar-refractivity contribution is 0.252. The highest BCUT2D eigenvalue weighted by molar-refractivity contribution is 7.90. The second-order valence-corrected chi connectivity index (χ2v) is 11.5. The van der Waals surface area contributed by atoms with E-state index in [1.54, 1.807) is 13.1 Å². The van der Waals surface area contributed by atoms with Crippen molar-refractivity contribution in [3.63, 3.8) is 0 Å². The second kappa shape index (κ2) is 8.99. The third kappa shape index (κ3) is 5.71. The first kappa shape index (κ1) is 23.9. The summed E-state index contributed by atoms with van der Waals surface area (Å²) in [5.41, 5.74) is 1.95. The largest absolute Gasteiger partial charge is 0.345 e. The van der Waals surface area contributed by atoms with Gasteiger partial charge in [0.25, 0.3) is 0 Å². The molecular formula is C21H26FN5O3S2. The van der Waals surface area contributed by atoms with E-state index >= 15 is 0 Å². The summed E-state index contributed by atoms with van der Waals surface area (Å²) in [6.45, 7) is 8.36. The maximum Gasteiger partial charge on any atom is 0.321 e. The number of H-pyrrole nitrogens is 1. The van der Waals surface area contributed by atoms with Crippen LogP contribution in [-0.4, -0.2) is 42.2 Å². The number of urea groups is 1. The molecule has 0 fully saturated rings. The topological polar surface area (TPSA) is 117 Å². The predicted octanol–water partition coefficient (Wildman–Crippen LogP) is 4.05. The molecule has 0 aliphatic rings. The van der Waals surface area contributed by atoms with Crippen LogP contribution in [-0.2, 0) is 21.7 Å². The first-order chi connectivity index (χ1) is 14.8. The lowest BCUT2D eigenvalue weighted by Crippen LogP contribution is -2.30. The zero-order chi connectivity index (χ0) is 23.7. The van der Waals surface area contributed by atoms with Crippen molar-refractivity contribution in [2.24, 2.45) is 0 Å². The highest BCUT2D eigenvalue weighted by Gasteiger charge is 2.18. The Balaban J connectivity index is 1.61. The van der Waals surface area contributed by atoms with Crippen LogP contribution in [0.25, 0.3) is 10.4 Å². The van der Waals surface area contributed by atoms with Crippen LogP contribution < -0.4 is 10.6 Å². The SMILES string of the molecule is Cc1nc(NC(=O)NCCc2cnc(C(C)(C)C)[nH]2)sc1-c1ccc(S(C)(=O)=O)c(F)c1. The van der Waals surface area contributed by atoms with E-state index in [-0.39, 0.29) is 10.3 Å². The van der Waals surface area contributed by atoms with Gasteiger partial charge >= 0.3 is 6.03 Å². The average Bonchev–Trinajstić information content (AvgIpc) is 3.27. The summed E-state index contributed by atoms with van der Waals surface area (Å²) in [6, 6.07) is 3.52. The zero-order valence-electron chi connectivity index (χ0n) is 18.5. The molecule has 3 rings (SSSR count). The number of thiazole rings is 1. The number of aryl methyl sites for hydroxylation is 1. The number of aromatic amines is 1. The number of rotatable bonds is 6. The van der Waals surface area contributed by atoms with Gasteiger partial charge in [-0.3, -0.25) is 5.32 Å². The van der Waals surface area contributed by atoms with E-state index in [1.165, 1.54) is 23.5 Å². The van der Waals surface area contributed by atoms with Crippen molar-refractivity contribution in [2.75, 3.05) is 18.1 Å². The maximum absolute atomic E-state index is 14.2. The third-order valence-electron chi connectivity index (χ3n) is 4.63. The number of hydrogen-bond acceptors (Lipinski definition) is 6. The molecule has 172 valence electrons. The van der Waals surface area contributed by atoms with Crippen LogP contribution in [0.5, 0.6) is 0 Å². The van der Waals surface area contributed by atoms with Crippen LogP contribution >= 0.6 is 11.3 Å². The summed E-state index contributed by atoms with van der Waals surface area (Å²) in [4.78, 5) is 24.5. The van der Waals surface area contributed by atoms with Crippen LogP contribution in [0.15, 0.2) is 29.3 Å². The van der Waals surface area contributed by atoms with Gasteiger partial charge < -0.3 is 10.3 Å². The Hall–Kier alpha value is -2.79. The van der Waals surface area contributed by atoms with Crippen molar-refractivity contribution < 1.29 is 17.6 Å². The first-order valence-electron chi connectivity index (χ1n) is 9.91. The monoisotopic (exact) mass is 479 g/mol. The van der Waals surface area contributed by atoms with E-state index in [0.717, 1.165) is 23.8 Å². The van der Waals surface area contributed by atoms with Gasteiger partial charge in [-0.1, -0.05) is 38.2 Å². The van der Waals surface area contributed by atoms with E-state index in [0.29, 0.717) is 34.2 Å². The molecule has 0 saturated carbocycles. The molecule has 0 atom stereocenters. The van der Waals surface area contributed by atoms with Crippen molar-refractivity contribution in [3.8, 4) is 10.4 Å². The molecule has 0 bridgehead atoms. The number of hydrogen-bond donors (Lipinski definition) is 3. The Morgan fingerprint density at radius 1 is 1.28 bits per heavy atom. The van der Waals surface area contributed by atoms with Gasteiger partial charge in [0, 0.05) is 36.5 Å². The number of sulfone groups is 1. The van der Waals surface area contributed by atoms with Crippen LogP contribution in [0.4, 0.5) is 14.3 Å². The lowest BCUT2D eigenvalue weighted by Gasteiger charge is -2.14. The molecule has 32 heavy (non-hydrogen) atoms. The summed E-state index contributed by atoms with van der Waals surface area (Å²) in [6.07, 6.45) is 3.33. The van der Waals surface area contributed by atoms with E-state index in [2.05, 4.69) is 46.4 Å². The fraction of sp³-hybridized carbons (Fsp3) is 0.381. The number of carbonyl (C=O) groups excluding carboxylic acids is 1. The number of imidazole rings is 1. The number of benzene rings is 1. The number of carbonyl (C=O) groups is 1. The molecule has 0 unspecified atom stereocenters. The lowest BCUT2D eigenvalue weighted by atomic mass is 9.96. The van der Waals surface area contributed by atoms with Crippen molar-refractivity contribution in [2.45, 2.75) is 44.4 Å². The zero-order valence-corrected chi connectivity index (χ0v) is 20.2. The highest BCUT2D eigenvalue weighted by atomic mass is 32.2. The Morgan fingerprint density at radius 2 is 2.00 bits per heavy atom. The standard InChI is InChI=1S/C21H26FN5O3S2/c1-12-17(13-6-7-16(15(22)10-13)32(5,29)30)31-20(25-12)27-19(28)23-9-8-14-11-24-18(26-14)21(2,3)4/h6-7,10-11H,8-9H2,1-5H3,(H,24,26)(H2,23,25,27,28). The summed E-state index contributed by atoms with van der Waals surface area (Å²) < 4.78 is 37.5. The van der Waals surface area contributed by atoms with E-state index in [1.807, 2.05) is 0 Å². The summed E-state index contributed by atoms with van der Waals surface area (Å²) in [5.74, 6) is 0.0715. The van der Waals surface area contributed by atoms with Crippen molar-refractivity contribution in [1.29, 1.82) is 0 Å². The molecule has 2 aromatic heterocycles. The molecule has 1 aromatic carbocycles. The van der Waals surface area contributed by atoms with Gasteiger partial charge in [-0.2, -0.15) is 0 Å². The molecule has 0 radical (unpaired) electrons. The Morgan fingerprint density at radius 3 is 2.59 bits per heavy atom. The molecule has 0 aliphatic heterocycles. The molecule has 3 aromatic rings. The van der Waals surface area contributed by atoms with Crippen LogP contribution in [0.1, 0.15) is 38.0 Å². The molecule has 0 spiro atoms. The third-order valence-corrected chi connectivity index (χ3v) is 6.88.